The van der Waals surface area contributed by atoms with Crippen molar-refractivity contribution in [3.05, 3.63) is 0 Å². The molecule has 1 aliphatic carbocycles. The van der Waals surface area contributed by atoms with Gasteiger partial charge in [-0.3, -0.25) is 4.79 Å². The van der Waals surface area contributed by atoms with E-state index in [1.54, 1.807) is 7.11 Å². The molecule has 0 atom stereocenters. The van der Waals surface area contributed by atoms with Gasteiger partial charge in [-0.15, -0.1) is 0 Å². The zero-order chi connectivity index (χ0) is 11.6. The second-order valence-corrected chi connectivity index (χ2v) is 4.06. The third-order valence-corrected chi connectivity index (χ3v) is 2.55. The van der Waals surface area contributed by atoms with Gasteiger partial charge in [0.15, 0.2) is 0 Å². The molecule has 0 bridgehead atoms. The van der Waals surface area contributed by atoms with Crippen LogP contribution >= 0.6 is 0 Å². The van der Waals surface area contributed by atoms with Crippen LogP contribution in [0.5, 0.6) is 0 Å². The lowest BCUT2D eigenvalue weighted by Crippen LogP contribution is -2.09. The lowest BCUT2D eigenvalue weighted by atomic mass is 10.1. The van der Waals surface area contributed by atoms with Gasteiger partial charge in [-0.25, -0.2) is 0 Å². The fourth-order valence-electron chi connectivity index (χ4n) is 1.42. The van der Waals surface area contributed by atoms with Crippen LogP contribution in [0, 0.1) is 5.92 Å². The molecule has 0 saturated heterocycles. The Kier molecular flexibility index (Phi) is 7.38. The monoisotopic (exact) mass is 230 g/mol. The van der Waals surface area contributed by atoms with Crippen LogP contribution in [-0.2, 0) is 19.0 Å². The summed E-state index contributed by atoms with van der Waals surface area (Å²) in [4.78, 5) is 11.3. The third-order valence-electron chi connectivity index (χ3n) is 2.55. The first-order valence-corrected chi connectivity index (χ1v) is 6.01. The molecule has 16 heavy (non-hydrogen) atoms. The molecule has 0 aromatic rings. The zero-order valence-corrected chi connectivity index (χ0v) is 10.1. The first-order chi connectivity index (χ1) is 7.84. The van der Waals surface area contributed by atoms with Crippen LogP contribution in [0.25, 0.3) is 0 Å². The summed E-state index contributed by atoms with van der Waals surface area (Å²) in [6, 6.07) is 0. The maximum atomic E-state index is 11.3. The van der Waals surface area contributed by atoms with E-state index >= 15 is 0 Å². The van der Waals surface area contributed by atoms with E-state index < -0.39 is 0 Å². The highest BCUT2D eigenvalue weighted by molar-refractivity contribution is 5.83. The Balaban J connectivity index is 1.72. The van der Waals surface area contributed by atoms with E-state index in [0.717, 1.165) is 19.3 Å². The van der Waals surface area contributed by atoms with Crippen LogP contribution in [0.3, 0.4) is 0 Å². The number of rotatable bonds is 11. The molecule has 94 valence electrons. The quantitative estimate of drug-likeness (QED) is 0.504. The molecule has 1 aliphatic rings. The van der Waals surface area contributed by atoms with Crippen molar-refractivity contribution in [2.45, 2.75) is 25.7 Å². The van der Waals surface area contributed by atoms with Gasteiger partial charge in [0.1, 0.15) is 5.78 Å². The smallest absolute Gasteiger partial charge is 0.136 e. The summed E-state index contributed by atoms with van der Waals surface area (Å²) in [5.41, 5.74) is 0. The Bertz CT molecular complexity index is 189. The van der Waals surface area contributed by atoms with Gasteiger partial charge < -0.3 is 14.2 Å². The standard InChI is InChI=1S/C12H22O4/c1-14-7-8-16-10-9-15-6-2-3-12(13)11-4-5-11/h11H,2-10H2,1H3. The molecule has 0 unspecified atom stereocenters. The molecule has 0 N–H and O–H groups in total. The molecule has 1 rings (SSSR count). The third kappa shape index (κ3) is 6.93. The highest BCUT2D eigenvalue weighted by Crippen LogP contribution is 2.31. The molecule has 0 aromatic heterocycles. The SMILES string of the molecule is COCCOCCOCCCC(=O)C1CC1. The summed E-state index contributed by atoms with van der Waals surface area (Å²) in [5, 5.41) is 0. The summed E-state index contributed by atoms with van der Waals surface area (Å²) < 4.78 is 15.4. The lowest BCUT2D eigenvalue weighted by molar-refractivity contribution is -0.120. The van der Waals surface area contributed by atoms with Crippen molar-refractivity contribution >= 4 is 5.78 Å². The summed E-state index contributed by atoms with van der Waals surface area (Å²) in [5.74, 6) is 0.803. The number of ketones is 1. The van der Waals surface area contributed by atoms with E-state index in [1.807, 2.05) is 0 Å². The molecule has 4 heteroatoms. The first kappa shape index (κ1) is 13.6. The van der Waals surface area contributed by atoms with Crippen molar-refractivity contribution < 1.29 is 19.0 Å². The molecule has 1 saturated carbocycles. The van der Waals surface area contributed by atoms with Crippen molar-refractivity contribution in [1.29, 1.82) is 0 Å². The molecule has 1 fully saturated rings. The van der Waals surface area contributed by atoms with Crippen molar-refractivity contribution in [3.63, 3.8) is 0 Å². The zero-order valence-electron chi connectivity index (χ0n) is 10.1. The number of carbonyl (C=O) groups excluding carboxylic acids is 1. The van der Waals surface area contributed by atoms with Gasteiger partial charge in [0.05, 0.1) is 26.4 Å². The number of ether oxygens (including phenoxy) is 3. The maximum absolute atomic E-state index is 11.3. The molecule has 0 heterocycles. The minimum absolute atomic E-state index is 0.386. The van der Waals surface area contributed by atoms with Gasteiger partial charge in [-0.2, -0.15) is 0 Å². The minimum Gasteiger partial charge on any atom is -0.382 e. The molecular formula is C12H22O4. The summed E-state index contributed by atoms with van der Waals surface area (Å²) in [6.45, 7) is 3.09. The topological polar surface area (TPSA) is 44.8 Å². The number of hydrogen-bond acceptors (Lipinski definition) is 4. The Hall–Kier alpha value is -0.450. The number of methoxy groups -OCH3 is 1. The van der Waals surface area contributed by atoms with Crippen molar-refractivity contribution in [2.75, 3.05) is 40.1 Å². The molecule has 0 amide bonds. The van der Waals surface area contributed by atoms with Crippen LogP contribution in [-0.4, -0.2) is 45.9 Å². The van der Waals surface area contributed by atoms with Gasteiger partial charge in [0, 0.05) is 26.1 Å². The van der Waals surface area contributed by atoms with Crippen LogP contribution < -0.4 is 0 Å². The van der Waals surface area contributed by atoms with Crippen molar-refractivity contribution in [2.24, 2.45) is 5.92 Å². The summed E-state index contributed by atoms with van der Waals surface area (Å²) >= 11 is 0. The predicted molar refractivity (Wildman–Crippen MR) is 60.5 cm³/mol. The van der Waals surface area contributed by atoms with Crippen LogP contribution in [0.2, 0.25) is 0 Å². The van der Waals surface area contributed by atoms with Crippen molar-refractivity contribution in [1.82, 2.24) is 0 Å². The predicted octanol–water partition coefficient (Wildman–Crippen LogP) is 1.43. The number of carbonyl (C=O) groups is 1. The summed E-state index contributed by atoms with van der Waals surface area (Å²) in [6.07, 6.45) is 3.72. The van der Waals surface area contributed by atoms with Gasteiger partial charge in [0.2, 0.25) is 0 Å². The van der Waals surface area contributed by atoms with Gasteiger partial charge in [-0.1, -0.05) is 0 Å². The average molecular weight is 230 g/mol. The minimum atomic E-state index is 0.386. The highest BCUT2D eigenvalue weighted by Gasteiger charge is 2.28. The second-order valence-electron chi connectivity index (χ2n) is 4.06. The van der Waals surface area contributed by atoms with E-state index in [0.29, 0.717) is 51.2 Å². The maximum Gasteiger partial charge on any atom is 0.136 e. The number of Topliss-reactive ketones (excluding diaryl/α,β-unsaturated/α-hetero) is 1. The van der Waals surface area contributed by atoms with E-state index in [2.05, 4.69) is 0 Å². The van der Waals surface area contributed by atoms with E-state index in [4.69, 9.17) is 14.2 Å². The Morgan fingerprint density at radius 3 is 2.31 bits per heavy atom. The molecule has 0 spiro atoms. The van der Waals surface area contributed by atoms with Gasteiger partial charge in [-0.05, 0) is 19.3 Å². The lowest BCUT2D eigenvalue weighted by Gasteiger charge is -2.05. The Morgan fingerprint density at radius 2 is 1.69 bits per heavy atom. The molecule has 4 nitrogen and oxygen atoms in total. The highest BCUT2D eigenvalue weighted by atomic mass is 16.5. The largest absolute Gasteiger partial charge is 0.382 e. The fourth-order valence-corrected chi connectivity index (χ4v) is 1.42. The van der Waals surface area contributed by atoms with E-state index in [-0.39, 0.29) is 0 Å². The van der Waals surface area contributed by atoms with Crippen LogP contribution in [0.15, 0.2) is 0 Å². The average Bonchev–Trinajstić information content (AvgIpc) is 3.10. The van der Waals surface area contributed by atoms with E-state index in [9.17, 15) is 4.79 Å². The molecular weight excluding hydrogens is 208 g/mol. The van der Waals surface area contributed by atoms with Gasteiger partial charge in [0.25, 0.3) is 0 Å². The molecule has 0 radical (unpaired) electrons. The second kappa shape index (κ2) is 8.67. The van der Waals surface area contributed by atoms with Crippen LogP contribution in [0.4, 0.5) is 0 Å². The van der Waals surface area contributed by atoms with Crippen LogP contribution in [0.1, 0.15) is 25.7 Å². The molecule has 0 aliphatic heterocycles. The Labute approximate surface area is 97.2 Å². The van der Waals surface area contributed by atoms with Gasteiger partial charge >= 0.3 is 0 Å². The summed E-state index contributed by atoms with van der Waals surface area (Å²) in [7, 11) is 1.65. The molecule has 0 aromatic carbocycles. The Morgan fingerprint density at radius 1 is 1.06 bits per heavy atom. The number of hydrogen-bond donors (Lipinski definition) is 0. The van der Waals surface area contributed by atoms with E-state index in [1.165, 1.54) is 0 Å². The van der Waals surface area contributed by atoms with Crippen molar-refractivity contribution in [3.8, 4) is 0 Å². The fraction of sp³-hybridized carbons (Fsp3) is 0.917. The normalized spacial score (nSPS) is 15.3. The first-order valence-electron chi connectivity index (χ1n) is 6.01.